The molecule has 3 heterocycles. The molecule has 0 saturated heterocycles. The maximum Gasteiger partial charge on any atom is 0.269 e. The van der Waals surface area contributed by atoms with Crippen molar-refractivity contribution in [2.75, 3.05) is 11.1 Å². The zero-order valence-corrected chi connectivity index (χ0v) is 12.5. The summed E-state index contributed by atoms with van der Waals surface area (Å²) in [5.74, 6) is -0.793. The zero-order valence-electron chi connectivity index (χ0n) is 12.5. The van der Waals surface area contributed by atoms with Crippen LogP contribution < -0.4 is 16.8 Å². The number of carbonyl (C=O) groups is 2. The van der Waals surface area contributed by atoms with E-state index in [0.29, 0.717) is 16.6 Å². The van der Waals surface area contributed by atoms with Crippen molar-refractivity contribution in [3.63, 3.8) is 0 Å². The molecule has 2 aromatic heterocycles. The number of primary amides is 1. The van der Waals surface area contributed by atoms with Gasteiger partial charge < -0.3 is 16.8 Å². The minimum atomic E-state index is -0.707. The van der Waals surface area contributed by atoms with E-state index in [2.05, 4.69) is 15.3 Å². The number of rotatable bonds is 2. The standard InChI is InChI=1S/C17H13N5O2/c18-14-13(8-3-1-4-10-9(8)7-12(23)21-10)15-11(5-2-6-20-15)22-16(14)17(19)24/h1-6H,7,18H2,(H2,19,24)(H,21,23). The fourth-order valence-electron chi connectivity index (χ4n) is 3.05. The first-order chi connectivity index (χ1) is 11.6. The van der Waals surface area contributed by atoms with Gasteiger partial charge in [-0.2, -0.15) is 0 Å². The van der Waals surface area contributed by atoms with E-state index < -0.39 is 5.91 Å². The number of carbonyl (C=O) groups excluding carboxylic acids is 2. The second-order valence-electron chi connectivity index (χ2n) is 5.54. The van der Waals surface area contributed by atoms with Gasteiger partial charge in [-0.15, -0.1) is 0 Å². The Balaban J connectivity index is 2.12. The number of hydrogen-bond donors (Lipinski definition) is 3. The Morgan fingerprint density at radius 3 is 2.83 bits per heavy atom. The van der Waals surface area contributed by atoms with E-state index in [-0.39, 0.29) is 23.7 Å². The normalized spacial score (nSPS) is 12.9. The number of nitrogens with zero attached hydrogens (tertiary/aromatic N) is 2. The summed E-state index contributed by atoms with van der Waals surface area (Å²) in [5.41, 5.74) is 15.7. The van der Waals surface area contributed by atoms with E-state index >= 15 is 0 Å². The molecule has 3 aromatic rings. The molecule has 0 bridgehead atoms. The highest BCUT2D eigenvalue weighted by atomic mass is 16.2. The van der Waals surface area contributed by atoms with Crippen molar-refractivity contribution >= 4 is 34.2 Å². The average molecular weight is 319 g/mol. The molecule has 1 aliphatic rings. The molecule has 0 aliphatic carbocycles. The lowest BCUT2D eigenvalue weighted by atomic mass is 9.94. The van der Waals surface area contributed by atoms with Crippen LogP contribution in [0, 0.1) is 0 Å². The highest BCUT2D eigenvalue weighted by Gasteiger charge is 2.25. The summed E-state index contributed by atoms with van der Waals surface area (Å²) in [4.78, 5) is 32.1. The minimum Gasteiger partial charge on any atom is -0.396 e. The molecule has 7 heteroatoms. The third kappa shape index (κ3) is 1.98. The van der Waals surface area contributed by atoms with Crippen LogP contribution in [0.4, 0.5) is 11.4 Å². The number of hydrogen-bond acceptors (Lipinski definition) is 5. The number of amides is 2. The first kappa shape index (κ1) is 14.1. The van der Waals surface area contributed by atoms with Crippen molar-refractivity contribution in [3.8, 4) is 11.1 Å². The number of pyridine rings is 2. The summed E-state index contributed by atoms with van der Waals surface area (Å²) in [5, 5.41) is 2.81. The van der Waals surface area contributed by atoms with E-state index in [0.717, 1.165) is 16.8 Å². The van der Waals surface area contributed by atoms with E-state index in [1.807, 2.05) is 18.2 Å². The molecule has 118 valence electrons. The lowest BCUT2D eigenvalue weighted by Crippen LogP contribution is -2.17. The Hall–Kier alpha value is -3.48. The Labute approximate surface area is 136 Å². The summed E-state index contributed by atoms with van der Waals surface area (Å²) in [6.45, 7) is 0. The van der Waals surface area contributed by atoms with Crippen molar-refractivity contribution in [3.05, 3.63) is 47.8 Å². The van der Waals surface area contributed by atoms with Gasteiger partial charge in [-0.25, -0.2) is 4.98 Å². The maximum absolute atomic E-state index is 11.8. The lowest BCUT2D eigenvalue weighted by molar-refractivity contribution is -0.115. The van der Waals surface area contributed by atoms with Crippen molar-refractivity contribution in [1.29, 1.82) is 0 Å². The minimum absolute atomic E-state index is 0.000357. The molecule has 0 atom stereocenters. The predicted molar refractivity (Wildman–Crippen MR) is 90.2 cm³/mol. The number of benzene rings is 1. The van der Waals surface area contributed by atoms with Crippen LogP contribution in [0.3, 0.4) is 0 Å². The Bertz CT molecular complexity index is 1030. The number of nitrogens with two attached hydrogens (primary N) is 2. The number of fused-ring (bicyclic) bond motifs is 2. The summed E-state index contributed by atoms with van der Waals surface area (Å²) >= 11 is 0. The Morgan fingerprint density at radius 2 is 2.04 bits per heavy atom. The molecule has 0 unspecified atom stereocenters. The van der Waals surface area contributed by atoms with Gasteiger partial charge in [-0.1, -0.05) is 12.1 Å². The van der Waals surface area contributed by atoms with Gasteiger partial charge in [-0.05, 0) is 29.3 Å². The molecule has 0 spiro atoms. The van der Waals surface area contributed by atoms with Crippen molar-refractivity contribution < 1.29 is 9.59 Å². The molecule has 24 heavy (non-hydrogen) atoms. The van der Waals surface area contributed by atoms with E-state index in [9.17, 15) is 9.59 Å². The molecule has 7 nitrogen and oxygen atoms in total. The van der Waals surface area contributed by atoms with Gasteiger partial charge in [0, 0.05) is 17.4 Å². The molecular formula is C17H13N5O2. The van der Waals surface area contributed by atoms with Crippen LogP contribution in [0.1, 0.15) is 16.1 Å². The monoisotopic (exact) mass is 319 g/mol. The van der Waals surface area contributed by atoms with Gasteiger partial charge in [0.05, 0.1) is 23.1 Å². The van der Waals surface area contributed by atoms with Gasteiger partial charge in [-0.3, -0.25) is 14.6 Å². The van der Waals surface area contributed by atoms with Gasteiger partial charge in [0.1, 0.15) is 0 Å². The number of anilines is 2. The predicted octanol–water partition coefficient (Wildman–Crippen LogP) is 1.47. The molecule has 4 rings (SSSR count). The maximum atomic E-state index is 11.8. The topological polar surface area (TPSA) is 124 Å². The molecule has 0 fully saturated rings. The van der Waals surface area contributed by atoms with Crippen LogP contribution in [-0.2, 0) is 11.2 Å². The molecule has 0 saturated carbocycles. The second kappa shape index (κ2) is 5.02. The largest absolute Gasteiger partial charge is 0.396 e. The van der Waals surface area contributed by atoms with E-state index in [1.165, 1.54) is 0 Å². The highest BCUT2D eigenvalue weighted by Crippen LogP contribution is 2.39. The van der Waals surface area contributed by atoms with Crippen LogP contribution >= 0.6 is 0 Å². The van der Waals surface area contributed by atoms with Crippen LogP contribution in [0.5, 0.6) is 0 Å². The third-order valence-corrected chi connectivity index (χ3v) is 4.07. The SMILES string of the molecule is NC(=O)c1nc2cccnc2c(-c2cccc3c2CC(=O)N3)c1N. The summed E-state index contributed by atoms with van der Waals surface area (Å²) in [7, 11) is 0. The smallest absolute Gasteiger partial charge is 0.269 e. The van der Waals surface area contributed by atoms with Crippen molar-refractivity contribution in [2.45, 2.75) is 6.42 Å². The molecule has 0 radical (unpaired) electrons. The first-order valence-corrected chi connectivity index (χ1v) is 7.32. The molecule has 5 N–H and O–H groups in total. The molecular weight excluding hydrogens is 306 g/mol. The van der Waals surface area contributed by atoms with E-state index in [4.69, 9.17) is 11.5 Å². The quantitative estimate of drug-likeness (QED) is 0.660. The van der Waals surface area contributed by atoms with Gasteiger partial charge in [0.2, 0.25) is 5.91 Å². The Kier molecular flexibility index (Phi) is 2.96. The fraction of sp³-hybridized carbons (Fsp3) is 0.0588. The summed E-state index contributed by atoms with van der Waals surface area (Å²) in [6, 6.07) is 8.96. The number of nitrogens with one attached hydrogen (secondary N) is 1. The molecule has 1 aliphatic heterocycles. The van der Waals surface area contributed by atoms with Gasteiger partial charge in [0.25, 0.3) is 5.91 Å². The van der Waals surface area contributed by atoms with Gasteiger partial charge >= 0.3 is 0 Å². The van der Waals surface area contributed by atoms with Crippen LogP contribution in [0.15, 0.2) is 36.5 Å². The van der Waals surface area contributed by atoms with Crippen molar-refractivity contribution in [2.24, 2.45) is 5.73 Å². The number of aromatic nitrogens is 2. The van der Waals surface area contributed by atoms with Crippen LogP contribution in [0.2, 0.25) is 0 Å². The average Bonchev–Trinajstić information content (AvgIpc) is 2.94. The van der Waals surface area contributed by atoms with Crippen molar-refractivity contribution in [1.82, 2.24) is 9.97 Å². The molecule has 1 aromatic carbocycles. The van der Waals surface area contributed by atoms with Crippen LogP contribution in [-0.4, -0.2) is 21.8 Å². The van der Waals surface area contributed by atoms with Gasteiger partial charge in [0.15, 0.2) is 5.69 Å². The second-order valence-corrected chi connectivity index (χ2v) is 5.54. The Morgan fingerprint density at radius 1 is 1.21 bits per heavy atom. The third-order valence-electron chi connectivity index (χ3n) is 4.07. The zero-order chi connectivity index (χ0) is 16.8. The van der Waals surface area contributed by atoms with Crippen LogP contribution in [0.25, 0.3) is 22.2 Å². The highest BCUT2D eigenvalue weighted by molar-refractivity contribution is 6.10. The first-order valence-electron chi connectivity index (χ1n) is 7.32. The summed E-state index contributed by atoms with van der Waals surface area (Å²) < 4.78 is 0. The molecule has 2 amide bonds. The summed E-state index contributed by atoms with van der Waals surface area (Å²) in [6.07, 6.45) is 1.87. The number of nitrogen functional groups attached to an aromatic ring is 1. The van der Waals surface area contributed by atoms with E-state index in [1.54, 1.807) is 18.3 Å². The fourth-order valence-corrected chi connectivity index (χ4v) is 3.05. The lowest BCUT2D eigenvalue weighted by Gasteiger charge is -2.14.